The Kier molecular flexibility index (Phi) is 7.57. The molecule has 0 unspecified atom stereocenters. The zero-order valence-electron chi connectivity index (χ0n) is 33.6. The number of benzene rings is 10. The summed E-state index contributed by atoms with van der Waals surface area (Å²) in [6.45, 7) is 0. The van der Waals surface area contributed by atoms with E-state index in [2.05, 4.69) is 221 Å². The second kappa shape index (κ2) is 13.6. The Labute approximate surface area is 357 Å². The summed E-state index contributed by atoms with van der Waals surface area (Å²) in [6.07, 6.45) is 0. The molecule has 0 radical (unpaired) electrons. The van der Waals surface area contributed by atoms with Crippen molar-refractivity contribution in [2.24, 2.45) is 0 Å². The number of hydrogen-bond donors (Lipinski definition) is 0. The molecule has 0 aliphatic carbocycles. The van der Waals surface area contributed by atoms with Crippen LogP contribution in [0.5, 0.6) is 0 Å². The van der Waals surface area contributed by atoms with Crippen LogP contribution in [0.1, 0.15) is 0 Å². The van der Waals surface area contributed by atoms with Gasteiger partial charge in [0.1, 0.15) is 0 Å². The number of nitrogens with zero attached hydrogens (tertiary/aromatic N) is 4. The van der Waals surface area contributed by atoms with E-state index in [1.807, 2.05) is 6.07 Å². The van der Waals surface area contributed by atoms with Crippen LogP contribution in [-0.4, -0.2) is 19.1 Å². The van der Waals surface area contributed by atoms with Gasteiger partial charge >= 0.3 is 0 Å². The fraction of sp³-hybridized carbons (Fsp3) is 0. The standard InChI is InChI=1S/C58H36N4/c1-3-17-37(18-4-1)39-21-15-23-41(35-39)61-50-32-14-12-30-48(50)53-51(61)33-34-52-55(53)54-45-27-9-7-25-43(45)44-26-8-10-28-46(44)57(54)62(52)42-24-16-22-40(36-42)58-59-49-31-13-11-29-47(49)56(60-58)38-19-5-2-6-20-38/h1-36H. The second-order valence-electron chi connectivity index (χ2n) is 16.1. The number of fused-ring (bicyclic) bond motifs is 13. The first-order valence-corrected chi connectivity index (χ1v) is 21.2. The fourth-order valence-electron chi connectivity index (χ4n) is 10.0. The molecule has 0 fully saturated rings. The Morgan fingerprint density at radius 2 is 0.823 bits per heavy atom. The molecule has 0 amide bonds. The normalized spacial score (nSPS) is 11.9. The Balaban J connectivity index is 1.14. The first-order valence-electron chi connectivity index (χ1n) is 21.2. The monoisotopic (exact) mass is 788 g/mol. The highest BCUT2D eigenvalue weighted by atomic mass is 15.0. The third kappa shape index (κ3) is 5.14. The van der Waals surface area contributed by atoms with E-state index in [9.17, 15) is 0 Å². The van der Waals surface area contributed by atoms with Crippen molar-refractivity contribution in [2.75, 3.05) is 0 Å². The van der Waals surface area contributed by atoms with Crippen LogP contribution >= 0.6 is 0 Å². The molecule has 10 aromatic carbocycles. The van der Waals surface area contributed by atoms with E-state index >= 15 is 0 Å². The zero-order chi connectivity index (χ0) is 40.7. The Bertz CT molecular complexity index is 3920. The lowest BCUT2D eigenvalue weighted by Crippen LogP contribution is -1.98. The maximum absolute atomic E-state index is 5.29. The molecule has 0 aliphatic heterocycles. The van der Waals surface area contributed by atoms with E-state index in [0.29, 0.717) is 5.82 Å². The van der Waals surface area contributed by atoms with Crippen molar-refractivity contribution < 1.29 is 0 Å². The summed E-state index contributed by atoms with van der Waals surface area (Å²) < 4.78 is 4.94. The summed E-state index contributed by atoms with van der Waals surface area (Å²) in [5.41, 5.74) is 13.1. The summed E-state index contributed by atoms with van der Waals surface area (Å²) in [6, 6.07) is 78.5. The molecule has 0 aliphatic rings. The van der Waals surface area contributed by atoms with Gasteiger partial charge in [0.15, 0.2) is 5.82 Å². The quantitative estimate of drug-likeness (QED) is 0.163. The highest BCUT2D eigenvalue weighted by Crippen LogP contribution is 2.47. The lowest BCUT2D eigenvalue weighted by Gasteiger charge is -2.14. The van der Waals surface area contributed by atoms with Gasteiger partial charge in [0.2, 0.25) is 0 Å². The van der Waals surface area contributed by atoms with E-state index in [0.717, 1.165) is 44.6 Å². The average Bonchev–Trinajstić information content (AvgIpc) is 3.88. The van der Waals surface area contributed by atoms with Crippen molar-refractivity contribution in [3.8, 4) is 45.1 Å². The average molecular weight is 789 g/mol. The summed E-state index contributed by atoms with van der Waals surface area (Å²) in [7, 11) is 0. The van der Waals surface area contributed by atoms with Crippen LogP contribution in [0.3, 0.4) is 0 Å². The highest BCUT2D eigenvalue weighted by molar-refractivity contribution is 6.38. The van der Waals surface area contributed by atoms with Crippen molar-refractivity contribution in [1.29, 1.82) is 0 Å². The smallest absolute Gasteiger partial charge is 0.160 e. The first-order chi connectivity index (χ1) is 30.8. The summed E-state index contributed by atoms with van der Waals surface area (Å²) in [5.74, 6) is 0.698. The lowest BCUT2D eigenvalue weighted by atomic mass is 9.95. The summed E-state index contributed by atoms with van der Waals surface area (Å²) in [5, 5.41) is 10.9. The fourth-order valence-corrected chi connectivity index (χ4v) is 10.0. The van der Waals surface area contributed by atoms with Gasteiger partial charge in [-0.2, -0.15) is 0 Å². The molecule has 0 spiro atoms. The van der Waals surface area contributed by atoms with Crippen LogP contribution < -0.4 is 0 Å². The van der Waals surface area contributed by atoms with E-state index in [4.69, 9.17) is 9.97 Å². The molecular formula is C58H36N4. The molecule has 3 aromatic heterocycles. The van der Waals surface area contributed by atoms with Crippen molar-refractivity contribution in [1.82, 2.24) is 19.1 Å². The van der Waals surface area contributed by atoms with Crippen LogP contribution in [0.2, 0.25) is 0 Å². The zero-order valence-corrected chi connectivity index (χ0v) is 33.6. The topological polar surface area (TPSA) is 35.6 Å². The van der Waals surface area contributed by atoms with Crippen molar-refractivity contribution in [2.45, 2.75) is 0 Å². The number of rotatable bonds is 5. The van der Waals surface area contributed by atoms with Gasteiger partial charge in [-0.15, -0.1) is 0 Å². The Morgan fingerprint density at radius 3 is 1.58 bits per heavy atom. The molecule has 13 aromatic rings. The Hall–Kier alpha value is -8.34. The van der Waals surface area contributed by atoms with Gasteiger partial charge in [0, 0.05) is 54.8 Å². The molecule has 0 N–H and O–H groups in total. The molecule has 13 rings (SSSR count). The van der Waals surface area contributed by atoms with Crippen molar-refractivity contribution in [3.05, 3.63) is 218 Å². The van der Waals surface area contributed by atoms with Crippen molar-refractivity contribution in [3.63, 3.8) is 0 Å². The van der Waals surface area contributed by atoms with Gasteiger partial charge in [-0.1, -0.05) is 170 Å². The van der Waals surface area contributed by atoms with Crippen LogP contribution in [0.4, 0.5) is 0 Å². The second-order valence-corrected chi connectivity index (χ2v) is 16.1. The molecule has 4 heteroatoms. The largest absolute Gasteiger partial charge is 0.309 e. The van der Waals surface area contributed by atoms with Gasteiger partial charge < -0.3 is 9.13 Å². The molecule has 0 saturated heterocycles. The number of aromatic nitrogens is 4. The van der Waals surface area contributed by atoms with E-state index in [1.165, 1.54) is 70.8 Å². The van der Waals surface area contributed by atoms with E-state index < -0.39 is 0 Å². The van der Waals surface area contributed by atoms with Crippen molar-refractivity contribution >= 4 is 76.1 Å². The maximum Gasteiger partial charge on any atom is 0.160 e. The van der Waals surface area contributed by atoms with Crippen LogP contribution in [-0.2, 0) is 0 Å². The maximum atomic E-state index is 5.29. The molecule has 0 saturated carbocycles. The third-order valence-electron chi connectivity index (χ3n) is 12.7. The molecule has 288 valence electrons. The van der Waals surface area contributed by atoms with Crippen LogP contribution in [0.25, 0.3) is 121 Å². The molecule has 0 atom stereocenters. The van der Waals surface area contributed by atoms with Crippen LogP contribution in [0.15, 0.2) is 218 Å². The highest BCUT2D eigenvalue weighted by Gasteiger charge is 2.24. The minimum absolute atomic E-state index is 0.698. The van der Waals surface area contributed by atoms with Gasteiger partial charge in [0.25, 0.3) is 0 Å². The van der Waals surface area contributed by atoms with Gasteiger partial charge in [0.05, 0.1) is 33.3 Å². The SMILES string of the molecule is c1ccc(-c2cccc(-n3c4ccccc4c4c5c6c7ccccc7c7ccccc7c6n(-c6cccc(-c7nc(-c8ccccc8)c8ccccc8n7)c6)c5ccc43)c2)cc1. The van der Waals surface area contributed by atoms with Crippen LogP contribution in [0, 0.1) is 0 Å². The third-order valence-corrected chi connectivity index (χ3v) is 12.7. The minimum Gasteiger partial charge on any atom is -0.309 e. The predicted octanol–water partition coefficient (Wildman–Crippen LogP) is 15.1. The molecule has 3 heterocycles. The van der Waals surface area contributed by atoms with E-state index in [-0.39, 0.29) is 0 Å². The lowest BCUT2D eigenvalue weighted by molar-refractivity contribution is 1.17. The number of para-hydroxylation sites is 2. The summed E-state index contributed by atoms with van der Waals surface area (Å²) >= 11 is 0. The van der Waals surface area contributed by atoms with E-state index in [1.54, 1.807) is 0 Å². The molecule has 0 bridgehead atoms. The summed E-state index contributed by atoms with van der Waals surface area (Å²) in [4.78, 5) is 10.5. The van der Waals surface area contributed by atoms with Gasteiger partial charge in [-0.3, -0.25) is 0 Å². The predicted molar refractivity (Wildman–Crippen MR) is 260 cm³/mol. The van der Waals surface area contributed by atoms with Gasteiger partial charge in [-0.05, 0) is 75.8 Å². The van der Waals surface area contributed by atoms with Gasteiger partial charge in [-0.25, -0.2) is 9.97 Å². The molecular weight excluding hydrogens is 753 g/mol. The number of hydrogen-bond acceptors (Lipinski definition) is 2. The minimum atomic E-state index is 0.698. The Morgan fingerprint density at radius 1 is 0.290 bits per heavy atom. The first kappa shape index (κ1) is 34.5. The molecule has 4 nitrogen and oxygen atoms in total. The molecule has 62 heavy (non-hydrogen) atoms.